The number of carboxylic acids is 1. The zero-order valence-electron chi connectivity index (χ0n) is 13.3. The molecule has 0 radical (unpaired) electrons. The minimum atomic E-state index is -1.04. The van der Waals surface area contributed by atoms with E-state index < -0.39 is 18.0 Å². The van der Waals surface area contributed by atoms with E-state index in [2.05, 4.69) is 4.98 Å². The number of hydrogen-bond acceptors (Lipinski definition) is 5. The first kappa shape index (κ1) is 17.0. The van der Waals surface area contributed by atoms with E-state index in [-0.39, 0.29) is 31.7 Å². The van der Waals surface area contributed by atoms with E-state index >= 15 is 0 Å². The highest BCUT2D eigenvalue weighted by atomic mass is 16.5. The summed E-state index contributed by atoms with van der Waals surface area (Å²) in [6.45, 7) is 3.07. The zero-order valence-corrected chi connectivity index (χ0v) is 13.3. The third-order valence-electron chi connectivity index (χ3n) is 3.93. The molecule has 8 nitrogen and oxygen atoms in total. The van der Waals surface area contributed by atoms with Gasteiger partial charge in [-0.3, -0.25) is 9.59 Å². The second-order valence-electron chi connectivity index (χ2n) is 5.49. The highest BCUT2D eigenvalue weighted by molar-refractivity contribution is 5.86. The van der Waals surface area contributed by atoms with Crippen LogP contribution in [0.1, 0.15) is 37.6 Å². The van der Waals surface area contributed by atoms with Crippen LogP contribution in [0.4, 0.5) is 0 Å². The Bertz CT molecular complexity index is 610. The molecule has 0 aromatic carbocycles. The van der Waals surface area contributed by atoms with Gasteiger partial charge in [0.1, 0.15) is 6.04 Å². The van der Waals surface area contributed by atoms with E-state index in [1.807, 2.05) is 11.5 Å². The molecule has 126 valence electrons. The van der Waals surface area contributed by atoms with Crippen LogP contribution in [0.15, 0.2) is 6.33 Å². The van der Waals surface area contributed by atoms with E-state index in [9.17, 15) is 14.4 Å². The van der Waals surface area contributed by atoms with Gasteiger partial charge in [0, 0.05) is 19.4 Å². The predicted octanol–water partition coefficient (Wildman–Crippen LogP) is 0.584. The molecule has 23 heavy (non-hydrogen) atoms. The van der Waals surface area contributed by atoms with Gasteiger partial charge in [0.2, 0.25) is 5.91 Å². The van der Waals surface area contributed by atoms with Gasteiger partial charge in [-0.2, -0.15) is 0 Å². The number of carbonyl (C=O) groups excluding carboxylic acids is 2. The van der Waals surface area contributed by atoms with Crippen molar-refractivity contribution in [2.24, 2.45) is 0 Å². The monoisotopic (exact) mass is 323 g/mol. The summed E-state index contributed by atoms with van der Waals surface area (Å²) in [5.74, 6) is -1.91. The second kappa shape index (κ2) is 7.26. The van der Waals surface area contributed by atoms with Crippen molar-refractivity contribution in [1.29, 1.82) is 0 Å². The van der Waals surface area contributed by atoms with Gasteiger partial charge in [-0.15, -0.1) is 0 Å². The third-order valence-corrected chi connectivity index (χ3v) is 3.93. The van der Waals surface area contributed by atoms with Gasteiger partial charge in [-0.25, -0.2) is 9.78 Å². The Labute approximate surface area is 134 Å². The number of amides is 1. The van der Waals surface area contributed by atoms with Crippen molar-refractivity contribution in [1.82, 2.24) is 14.5 Å². The number of nitrogens with zero attached hydrogens (tertiary/aromatic N) is 3. The number of rotatable bonds is 6. The van der Waals surface area contributed by atoms with Gasteiger partial charge in [-0.05, 0) is 6.42 Å². The Hall–Kier alpha value is -2.38. The molecule has 1 atom stereocenters. The Morgan fingerprint density at radius 1 is 1.39 bits per heavy atom. The molecule has 0 fully saturated rings. The molecule has 2 rings (SSSR count). The summed E-state index contributed by atoms with van der Waals surface area (Å²) in [7, 11) is 1.27. The fraction of sp³-hybridized carbons (Fsp3) is 0.600. The smallest absolute Gasteiger partial charge is 0.329 e. The second-order valence-corrected chi connectivity index (χ2v) is 5.49. The summed E-state index contributed by atoms with van der Waals surface area (Å²) in [4.78, 5) is 40.8. The molecule has 1 aliphatic heterocycles. The number of methoxy groups -OCH3 is 1. The Balaban J connectivity index is 2.25. The number of ether oxygens (including phenoxy) is 1. The predicted molar refractivity (Wildman–Crippen MR) is 79.4 cm³/mol. The van der Waals surface area contributed by atoms with Crippen LogP contribution in [0.5, 0.6) is 0 Å². The van der Waals surface area contributed by atoms with Gasteiger partial charge < -0.3 is 19.3 Å². The van der Waals surface area contributed by atoms with E-state index in [1.54, 1.807) is 6.33 Å². The van der Waals surface area contributed by atoms with Crippen molar-refractivity contribution in [3.8, 4) is 0 Å². The molecule has 0 aliphatic carbocycles. The minimum Gasteiger partial charge on any atom is -0.481 e. The maximum absolute atomic E-state index is 12.4. The van der Waals surface area contributed by atoms with Gasteiger partial charge >= 0.3 is 11.9 Å². The fourth-order valence-corrected chi connectivity index (χ4v) is 2.77. The molecule has 1 aromatic rings. The van der Waals surface area contributed by atoms with E-state index in [0.717, 1.165) is 24.4 Å². The molecule has 0 saturated heterocycles. The lowest BCUT2D eigenvalue weighted by molar-refractivity contribution is -0.154. The van der Waals surface area contributed by atoms with E-state index in [4.69, 9.17) is 9.84 Å². The van der Waals surface area contributed by atoms with Crippen molar-refractivity contribution >= 4 is 17.8 Å². The Morgan fingerprint density at radius 2 is 2.13 bits per heavy atom. The van der Waals surface area contributed by atoms with Crippen LogP contribution in [0.25, 0.3) is 0 Å². The normalized spacial score (nSPS) is 16.8. The van der Waals surface area contributed by atoms with E-state index in [0.29, 0.717) is 0 Å². The molecule has 8 heteroatoms. The third kappa shape index (κ3) is 3.69. The summed E-state index contributed by atoms with van der Waals surface area (Å²) in [6.07, 6.45) is 2.53. The summed E-state index contributed by atoms with van der Waals surface area (Å²) >= 11 is 0. The first-order valence-electron chi connectivity index (χ1n) is 7.59. The maximum atomic E-state index is 12.4. The number of fused-ring (bicyclic) bond motifs is 1. The molecular formula is C15H21N3O5. The molecule has 0 bridgehead atoms. The topological polar surface area (TPSA) is 102 Å². The van der Waals surface area contributed by atoms with Crippen molar-refractivity contribution < 1.29 is 24.2 Å². The van der Waals surface area contributed by atoms with Gasteiger partial charge in [0.05, 0.1) is 37.8 Å². The van der Waals surface area contributed by atoms with Gasteiger partial charge in [0.15, 0.2) is 0 Å². The van der Waals surface area contributed by atoms with Crippen LogP contribution >= 0.6 is 0 Å². The molecule has 0 saturated carbocycles. The number of aliphatic carboxylic acids is 1. The molecule has 1 amide bonds. The van der Waals surface area contributed by atoms with Crippen LogP contribution in [0.2, 0.25) is 0 Å². The van der Waals surface area contributed by atoms with Crippen LogP contribution in [-0.4, -0.2) is 50.6 Å². The van der Waals surface area contributed by atoms with Crippen LogP contribution < -0.4 is 0 Å². The number of imidazole rings is 1. The highest BCUT2D eigenvalue weighted by Crippen LogP contribution is 2.24. The quantitative estimate of drug-likeness (QED) is 0.769. The molecular weight excluding hydrogens is 302 g/mol. The average molecular weight is 323 g/mol. The number of carboxylic acid groups (broad SMARTS) is 1. The minimum absolute atomic E-state index is 0.139. The number of aryl methyl sites for hydroxylation is 1. The summed E-state index contributed by atoms with van der Waals surface area (Å²) in [6, 6.07) is -0.751. The molecule has 1 aliphatic rings. The average Bonchev–Trinajstić information content (AvgIpc) is 2.93. The van der Waals surface area contributed by atoms with Crippen molar-refractivity contribution in [3.63, 3.8) is 0 Å². The SMILES string of the molecule is CCCn1cnc2c1CN(C(=O)CCC(=O)O)[C@H](C(=O)OC)C2. The summed E-state index contributed by atoms with van der Waals surface area (Å²) < 4.78 is 6.75. The summed E-state index contributed by atoms with van der Waals surface area (Å²) in [5.41, 5.74) is 1.69. The first-order chi connectivity index (χ1) is 11.0. The van der Waals surface area contributed by atoms with Crippen molar-refractivity contribution in [2.45, 2.75) is 51.7 Å². The lowest BCUT2D eigenvalue weighted by atomic mass is 10.0. The standard InChI is InChI=1S/C15H21N3O5/c1-3-6-17-9-16-10-7-11(15(22)23-2)18(8-12(10)17)13(19)4-5-14(20)21/h9,11H,3-8H2,1-2H3,(H,20,21)/t11-/m0/s1. The van der Waals surface area contributed by atoms with Gasteiger partial charge in [-0.1, -0.05) is 6.92 Å². The Morgan fingerprint density at radius 3 is 2.74 bits per heavy atom. The van der Waals surface area contributed by atoms with Crippen molar-refractivity contribution in [3.05, 3.63) is 17.7 Å². The van der Waals surface area contributed by atoms with Crippen LogP contribution in [-0.2, 0) is 38.6 Å². The largest absolute Gasteiger partial charge is 0.481 e. The number of esters is 1. The lowest BCUT2D eigenvalue weighted by Gasteiger charge is -2.34. The molecule has 1 N–H and O–H groups in total. The molecule has 2 heterocycles. The van der Waals surface area contributed by atoms with Gasteiger partial charge in [0.25, 0.3) is 0 Å². The number of carbonyl (C=O) groups is 3. The zero-order chi connectivity index (χ0) is 17.0. The maximum Gasteiger partial charge on any atom is 0.329 e. The highest BCUT2D eigenvalue weighted by Gasteiger charge is 2.37. The van der Waals surface area contributed by atoms with E-state index in [1.165, 1.54) is 12.0 Å². The lowest BCUT2D eigenvalue weighted by Crippen LogP contribution is -2.49. The molecule has 0 spiro atoms. The fourth-order valence-electron chi connectivity index (χ4n) is 2.77. The number of aromatic nitrogens is 2. The number of hydrogen-bond donors (Lipinski definition) is 1. The Kier molecular flexibility index (Phi) is 5.36. The van der Waals surface area contributed by atoms with Crippen molar-refractivity contribution in [2.75, 3.05) is 7.11 Å². The molecule has 1 aromatic heterocycles. The molecule has 0 unspecified atom stereocenters. The summed E-state index contributed by atoms with van der Waals surface area (Å²) in [5, 5.41) is 8.74. The first-order valence-corrected chi connectivity index (χ1v) is 7.59. The van der Waals surface area contributed by atoms with Crippen LogP contribution in [0.3, 0.4) is 0 Å². The van der Waals surface area contributed by atoms with Crippen LogP contribution in [0, 0.1) is 0 Å².